The Labute approximate surface area is 103 Å². The third-order valence-electron chi connectivity index (χ3n) is 2.34. The molecule has 2 N–H and O–H groups in total. The van der Waals surface area contributed by atoms with Gasteiger partial charge in [-0.1, -0.05) is 18.2 Å². The summed E-state index contributed by atoms with van der Waals surface area (Å²) in [5, 5.41) is 22.5. The van der Waals surface area contributed by atoms with Gasteiger partial charge in [0.05, 0.1) is 5.69 Å². The fourth-order valence-corrected chi connectivity index (χ4v) is 1.53. The summed E-state index contributed by atoms with van der Waals surface area (Å²) in [6, 6.07) is 11.9. The van der Waals surface area contributed by atoms with Crippen molar-refractivity contribution in [3.05, 3.63) is 41.5 Å². The Kier molecular flexibility index (Phi) is 2.78. The monoisotopic (exact) mass is 237 g/mol. The van der Waals surface area contributed by atoms with Gasteiger partial charge in [0.15, 0.2) is 5.84 Å². The molecule has 18 heavy (non-hydrogen) atoms. The molecular weight excluding hydrogens is 230 g/mol. The lowest BCUT2D eigenvalue weighted by Crippen LogP contribution is -2.23. The van der Waals surface area contributed by atoms with Crippen LogP contribution in [0.25, 0.3) is 0 Å². The van der Waals surface area contributed by atoms with Crippen LogP contribution in [0.1, 0.15) is 0 Å². The van der Waals surface area contributed by atoms with Crippen molar-refractivity contribution in [1.29, 1.82) is 10.5 Å². The van der Waals surface area contributed by atoms with Crippen LogP contribution in [0.4, 0.5) is 5.69 Å². The summed E-state index contributed by atoms with van der Waals surface area (Å²) in [6.45, 7) is 0. The molecule has 0 aliphatic carbocycles. The quantitative estimate of drug-likeness (QED) is 0.571. The molecule has 0 atom stereocenters. The van der Waals surface area contributed by atoms with Crippen molar-refractivity contribution in [2.24, 2.45) is 10.8 Å². The number of amidine groups is 1. The van der Waals surface area contributed by atoms with Crippen molar-refractivity contribution in [2.45, 2.75) is 0 Å². The van der Waals surface area contributed by atoms with Crippen molar-refractivity contribution in [1.82, 2.24) is 0 Å². The molecule has 1 aliphatic heterocycles. The molecule has 0 saturated heterocycles. The Hall–Kier alpha value is -3.12. The summed E-state index contributed by atoms with van der Waals surface area (Å²) in [5.41, 5.74) is 5.62. The molecule has 0 bridgehead atoms. The van der Waals surface area contributed by atoms with E-state index in [1.165, 1.54) is 0 Å². The molecule has 2 rings (SSSR count). The van der Waals surface area contributed by atoms with Crippen molar-refractivity contribution in [3.8, 4) is 12.1 Å². The fraction of sp³-hybridized carbons (Fsp3) is 0. The van der Waals surface area contributed by atoms with E-state index in [0.29, 0.717) is 5.69 Å². The lowest BCUT2D eigenvalue weighted by molar-refractivity contribution is -0.114. The number of hydrazone groups is 1. The van der Waals surface area contributed by atoms with E-state index in [1.807, 2.05) is 0 Å². The number of allylic oxidation sites excluding steroid dienone is 1. The normalized spacial score (nSPS) is 13.9. The van der Waals surface area contributed by atoms with Gasteiger partial charge in [0, 0.05) is 0 Å². The number of nitriles is 2. The highest BCUT2D eigenvalue weighted by Gasteiger charge is 2.32. The van der Waals surface area contributed by atoms with E-state index in [1.54, 1.807) is 42.5 Å². The minimum absolute atomic E-state index is 0.123. The molecule has 6 nitrogen and oxygen atoms in total. The number of para-hydroxylation sites is 1. The molecule has 1 aromatic rings. The smallest absolute Gasteiger partial charge is 0.284 e. The summed E-state index contributed by atoms with van der Waals surface area (Å²) in [4.78, 5) is 12.0. The van der Waals surface area contributed by atoms with Gasteiger partial charge in [-0.2, -0.15) is 15.5 Å². The lowest BCUT2D eigenvalue weighted by atomic mass is 10.1. The second-order valence-corrected chi connectivity index (χ2v) is 3.41. The summed E-state index contributed by atoms with van der Waals surface area (Å²) in [5.74, 6) is -0.696. The SMILES string of the molecule is N#CC(C#N)=C1C(=O)N(c2ccccc2)N=C1N. The zero-order valence-corrected chi connectivity index (χ0v) is 9.16. The molecule has 0 radical (unpaired) electrons. The topological polar surface area (TPSA) is 106 Å². The Morgan fingerprint density at radius 1 is 1.22 bits per heavy atom. The van der Waals surface area contributed by atoms with Gasteiger partial charge in [-0.05, 0) is 12.1 Å². The summed E-state index contributed by atoms with van der Waals surface area (Å²) < 4.78 is 0. The number of nitrogens with two attached hydrogens (primary N) is 1. The molecule has 0 unspecified atom stereocenters. The van der Waals surface area contributed by atoms with E-state index in [9.17, 15) is 4.79 Å². The van der Waals surface area contributed by atoms with Crippen LogP contribution in [0, 0.1) is 22.7 Å². The first-order chi connectivity index (χ1) is 8.69. The highest BCUT2D eigenvalue weighted by molar-refractivity contribution is 6.30. The number of carbonyl (C=O) groups excluding carboxylic acids is 1. The first-order valence-electron chi connectivity index (χ1n) is 4.97. The van der Waals surface area contributed by atoms with Gasteiger partial charge >= 0.3 is 0 Å². The maximum atomic E-state index is 12.0. The van der Waals surface area contributed by atoms with Gasteiger partial charge < -0.3 is 5.73 Å². The zero-order chi connectivity index (χ0) is 13.1. The van der Waals surface area contributed by atoms with E-state index in [2.05, 4.69) is 5.10 Å². The first-order valence-corrected chi connectivity index (χ1v) is 4.97. The molecule has 86 valence electrons. The molecule has 1 aromatic carbocycles. The Balaban J connectivity index is 2.50. The van der Waals surface area contributed by atoms with Crippen LogP contribution in [0.5, 0.6) is 0 Å². The molecule has 0 aromatic heterocycles. The Morgan fingerprint density at radius 2 is 1.83 bits per heavy atom. The second-order valence-electron chi connectivity index (χ2n) is 3.41. The predicted octanol–water partition coefficient (Wildman–Crippen LogP) is 0.649. The third kappa shape index (κ3) is 1.68. The molecule has 1 aliphatic rings. The molecule has 0 fully saturated rings. The zero-order valence-electron chi connectivity index (χ0n) is 9.16. The van der Waals surface area contributed by atoms with Gasteiger partial charge in [-0.15, -0.1) is 5.10 Å². The maximum Gasteiger partial charge on any atom is 0.284 e. The number of hydrogen-bond donors (Lipinski definition) is 1. The number of amides is 1. The maximum absolute atomic E-state index is 12.0. The van der Waals surface area contributed by atoms with Gasteiger partial charge in [-0.3, -0.25) is 4.79 Å². The largest absolute Gasteiger partial charge is 0.382 e. The average Bonchev–Trinajstić information content (AvgIpc) is 2.69. The van der Waals surface area contributed by atoms with Crippen LogP contribution in [-0.2, 0) is 4.79 Å². The minimum atomic E-state index is -0.572. The number of carbonyl (C=O) groups is 1. The number of rotatable bonds is 1. The van der Waals surface area contributed by atoms with Crippen molar-refractivity contribution in [2.75, 3.05) is 5.01 Å². The van der Waals surface area contributed by atoms with Crippen LogP contribution in [0.2, 0.25) is 0 Å². The lowest BCUT2D eigenvalue weighted by Gasteiger charge is -2.10. The Bertz CT molecular complexity index is 629. The van der Waals surface area contributed by atoms with E-state index in [-0.39, 0.29) is 17.0 Å². The van der Waals surface area contributed by atoms with Gasteiger partial charge in [0.1, 0.15) is 23.3 Å². The van der Waals surface area contributed by atoms with E-state index < -0.39 is 5.91 Å². The van der Waals surface area contributed by atoms with Crippen LogP contribution in [0.3, 0.4) is 0 Å². The van der Waals surface area contributed by atoms with E-state index >= 15 is 0 Å². The van der Waals surface area contributed by atoms with Gasteiger partial charge in [0.2, 0.25) is 0 Å². The fourth-order valence-electron chi connectivity index (χ4n) is 1.53. The highest BCUT2D eigenvalue weighted by atomic mass is 16.2. The summed E-state index contributed by atoms with van der Waals surface area (Å²) in [6.07, 6.45) is 0. The molecular formula is C12H7N5O. The van der Waals surface area contributed by atoms with Crippen molar-refractivity contribution < 1.29 is 4.79 Å². The highest BCUT2D eigenvalue weighted by Crippen LogP contribution is 2.23. The molecule has 1 amide bonds. The van der Waals surface area contributed by atoms with E-state index in [0.717, 1.165) is 5.01 Å². The predicted molar refractivity (Wildman–Crippen MR) is 63.8 cm³/mol. The number of nitrogens with zero attached hydrogens (tertiary/aromatic N) is 4. The second kappa shape index (κ2) is 4.40. The first kappa shape index (κ1) is 11.4. The minimum Gasteiger partial charge on any atom is -0.382 e. The van der Waals surface area contributed by atoms with E-state index in [4.69, 9.17) is 16.3 Å². The standard InChI is InChI=1S/C12H7N5O/c13-6-8(7-14)10-11(15)16-17(12(10)18)9-4-2-1-3-5-9/h1-5H,(H2,15,16). The van der Waals surface area contributed by atoms with Gasteiger partial charge in [0.25, 0.3) is 5.91 Å². The number of benzene rings is 1. The third-order valence-corrected chi connectivity index (χ3v) is 2.34. The number of hydrogen-bond acceptors (Lipinski definition) is 5. The molecule has 6 heteroatoms. The summed E-state index contributed by atoms with van der Waals surface area (Å²) >= 11 is 0. The number of anilines is 1. The van der Waals surface area contributed by atoms with Crippen LogP contribution in [-0.4, -0.2) is 11.7 Å². The molecule has 0 saturated carbocycles. The molecule has 1 heterocycles. The van der Waals surface area contributed by atoms with Crippen LogP contribution < -0.4 is 10.7 Å². The summed E-state index contributed by atoms with van der Waals surface area (Å²) in [7, 11) is 0. The van der Waals surface area contributed by atoms with Crippen LogP contribution >= 0.6 is 0 Å². The van der Waals surface area contributed by atoms with Crippen LogP contribution in [0.15, 0.2) is 46.6 Å². The average molecular weight is 237 g/mol. The molecule has 0 spiro atoms. The van der Waals surface area contributed by atoms with Crippen molar-refractivity contribution in [3.63, 3.8) is 0 Å². The van der Waals surface area contributed by atoms with Crippen molar-refractivity contribution >= 4 is 17.4 Å². The van der Waals surface area contributed by atoms with Gasteiger partial charge in [-0.25, -0.2) is 0 Å². The Morgan fingerprint density at radius 3 is 2.39 bits per heavy atom.